The highest BCUT2D eigenvalue weighted by atomic mass is 35.5. The summed E-state index contributed by atoms with van der Waals surface area (Å²) in [5, 5.41) is 4.98. The van der Waals surface area contributed by atoms with Crippen molar-refractivity contribution in [3.63, 3.8) is 0 Å². The van der Waals surface area contributed by atoms with Crippen LogP contribution in [0.5, 0.6) is 0 Å². The molecule has 1 atom stereocenters. The van der Waals surface area contributed by atoms with E-state index in [9.17, 15) is 4.79 Å². The fourth-order valence-corrected chi connectivity index (χ4v) is 4.14. The quantitative estimate of drug-likeness (QED) is 0.669. The van der Waals surface area contributed by atoms with Gasteiger partial charge in [-0.1, -0.05) is 35.9 Å². The predicted octanol–water partition coefficient (Wildman–Crippen LogP) is 3.63. The molecule has 28 heavy (non-hydrogen) atoms. The van der Waals surface area contributed by atoms with Crippen LogP contribution in [0.3, 0.4) is 0 Å². The molecule has 6 heteroatoms. The molecular weight excluding hydrogens is 372 g/mol. The second kappa shape index (κ2) is 7.86. The Bertz CT molecular complexity index is 1030. The maximum Gasteiger partial charge on any atom is 0.250 e. The summed E-state index contributed by atoms with van der Waals surface area (Å²) in [6.07, 6.45) is 1.83. The Kier molecular flexibility index (Phi) is 5.29. The summed E-state index contributed by atoms with van der Waals surface area (Å²) < 4.78 is 0. The van der Waals surface area contributed by atoms with Crippen LogP contribution in [0.1, 0.15) is 39.8 Å². The maximum absolute atomic E-state index is 11.9. The number of amides is 1. The second-order valence-electron chi connectivity index (χ2n) is 7.50. The summed E-state index contributed by atoms with van der Waals surface area (Å²) in [6.45, 7) is 3.95. The zero-order valence-electron chi connectivity index (χ0n) is 15.8. The fourth-order valence-electron chi connectivity index (χ4n) is 3.94. The lowest BCUT2D eigenvalue weighted by Crippen LogP contribution is -2.42. The minimum Gasteiger partial charge on any atom is -0.366 e. The Labute approximate surface area is 169 Å². The van der Waals surface area contributed by atoms with Crippen molar-refractivity contribution in [1.29, 1.82) is 0 Å². The van der Waals surface area contributed by atoms with Crippen molar-refractivity contribution < 1.29 is 4.79 Å². The van der Waals surface area contributed by atoms with Gasteiger partial charge >= 0.3 is 0 Å². The molecular formula is C22H23ClN4O. The average molecular weight is 395 g/mol. The first-order valence-electron chi connectivity index (χ1n) is 9.53. The number of rotatable bonds is 6. The van der Waals surface area contributed by atoms with E-state index in [1.165, 1.54) is 5.56 Å². The zero-order valence-corrected chi connectivity index (χ0v) is 16.5. The van der Waals surface area contributed by atoms with Gasteiger partial charge < -0.3 is 11.1 Å². The number of halogens is 1. The maximum atomic E-state index is 11.9. The number of benzene rings is 2. The third-order valence-corrected chi connectivity index (χ3v) is 5.66. The molecule has 2 heterocycles. The number of carbonyl (C=O) groups excluding carboxylic acids is 1. The molecule has 1 amide bonds. The van der Waals surface area contributed by atoms with Crippen LogP contribution in [-0.4, -0.2) is 29.0 Å². The van der Waals surface area contributed by atoms with Gasteiger partial charge in [-0.3, -0.25) is 4.79 Å². The molecule has 0 aliphatic carbocycles. The average Bonchev–Trinajstić information content (AvgIpc) is 2.62. The number of aromatic nitrogens is 2. The van der Waals surface area contributed by atoms with Gasteiger partial charge in [-0.2, -0.15) is 0 Å². The van der Waals surface area contributed by atoms with Crippen LogP contribution in [0.15, 0.2) is 42.5 Å². The van der Waals surface area contributed by atoms with E-state index in [1.807, 2.05) is 37.3 Å². The summed E-state index contributed by atoms with van der Waals surface area (Å²) in [5.74, 6) is 1.12. The topological polar surface area (TPSA) is 80.9 Å². The summed E-state index contributed by atoms with van der Waals surface area (Å²) in [5.41, 5.74) is 8.79. The molecule has 0 unspecified atom stereocenters. The zero-order chi connectivity index (χ0) is 19.7. The highest BCUT2D eigenvalue weighted by Gasteiger charge is 2.25. The van der Waals surface area contributed by atoms with Crippen LogP contribution in [0.2, 0.25) is 5.02 Å². The summed E-state index contributed by atoms with van der Waals surface area (Å²) in [7, 11) is 0. The molecule has 0 spiro atoms. The second-order valence-corrected chi connectivity index (χ2v) is 7.94. The minimum atomic E-state index is -0.471. The van der Waals surface area contributed by atoms with Gasteiger partial charge in [0.1, 0.15) is 5.82 Å². The van der Waals surface area contributed by atoms with E-state index in [0.717, 1.165) is 42.0 Å². The van der Waals surface area contributed by atoms with E-state index >= 15 is 0 Å². The number of nitrogens with zero attached hydrogens (tertiary/aromatic N) is 2. The van der Waals surface area contributed by atoms with Crippen molar-refractivity contribution in [2.45, 2.75) is 25.7 Å². The Morgan fingerprint density at radius 1 is 1.25 bits per heavy atom. The Morgan fingerprint density at radius 2 is 2.04 bits per heavy atom. The van der Waals surface area contributed by atoms with Crippen LogP contribution in [0.4, 0.5) is 0 Å². The van der Waals surface area contributed by atoms with Crippen molar-refractivity contribution in [3.05, 3.63) is 70.1 Å². The monoisotopic (exact) mass is 394 g/mol. The first kappa shape index (κ1) is 18.8. The molecule has 5 nitrogen and oxygen atoms in total. The van der Waals surface area contributed by atoms with Gasteiger partial charge in [0.25, 0.3) is 5.91 Å². The molecule has 1 aliphatic rings. The molecule has 0 saturated carbocycles. The molecule has 1 aromatic heterocycles. The normalized spacial score (nSPS) is 15.4. The van der Waals surface area contributed by atoms with Crippen LogP contribution in [-0.2, 0) is 6.42 Å². The fraction of sp³-hybridized carbons (Fsp3) is 0.318. The van der Waals surface area contributed by atoms with Gasteiger partial charge in [0.15, 0.2) is 0 Å². The lowest BCUT2D eigenvalue weighted by molar-refractivity contribution is 0.100. The number of para-hydroxylation sites is 1. The largest absolute Gasteiger partial charge is 0.366 e. The van der Waals surface area contributed by atoms with Crippen molar-refractivity contribution in [3.8, 4) is 0 Å². The first-order chi connectivity index (χ1) is 13.5. The summed E-state index contributed by atoms with van der Waals surface area (Å²) >= 11 is 6.26. The van der Waals surface area contributed by atoms with E-state index in [-0.39, 0.29) is 0 Å². The summed E-state index contributed by atoms with van der Waals surface area (Å²) in [4.78, 5) is 21.1. The lowest BCUT2D eigenvalue weighted by Gasteiger charge is -2.31. The van der Waals surface area contributed by atoms with Gasteiger partial charge in [0.05, 0.1) is 16.8 Å². The highest BCUT2D eigenvalue weighted by Crippen LogP contribution is 2.32. The van der Waals surface area contributed by atoms with Crippen LogP contribution >= 0.6 is 11.6 Å². The predicted molar refractivity (Wildman–Crippen MR) is 112 cm³/mol. The third kappa shape index (κ3) is 3.86. The Hall–Kier alpha value is -2.50. The van der Waals surface area contributed by atoms with Crippen LogP contribution in [0, 0.1) is 12.8 Å². The van der Waals surface area contributed by atoms with Crippen molar-refractivity contribution in [2.24, 2.45) is 11.7 Å². The number of carbonyl (C=O) groups is 1. The number of hydrogen-bond acceptors (Lipinski definition) is 4. The number of nitrogens with one attached hydrogen (secondary N) is 1. The van der Waals surface area contributed by atoms with E-state index in [4.69, 9.17) is 22.3 Å². The molecule has 4 rings (SSSR count). The number of nitrogens with two attached hydrogens (primary N) is 1. The molecule has 3 N–H and O–H groups in total. The van der Waals surface area contributed by atoms with E-state index in [1.54, 1.807) is 6.07 Å². The van der Waals surface area contributed by atoms with Crippen molar-refractivity contribution in [1.82, 2.24) is 15.3 Å². The molecule has 0 radical (unpaired) electrons. The Balaban J connectivity index is 1.76. The number of fused-ring (bicyclic) bond motifs is 1. The smallest absolute Gasteiger partial charge is 0.250 e. The number of hydrogen-bond donors (Lipinski definition) is 2. The van der Waals surface area contributed by atoms with Crippen LogP contribution in [0.25, 0.3) is 10.9 Å². The number of primary amides is 1. The Morgan fingerprint density at radius 3 is 2.71 bits per heavy atom. The molecule has 0 bridgehead atoms. The first-order valence-corrected chi connectivity index (χ1v) is 9.91. The van der Waals surface area contributed by atoms with Gasteiger partial charge in [-0.15, -0.1) is 0 Å². The van der Waals surface area contributed by atoms with Crippen molar-refractivity contribution >= 4 is 28.4 Å². The molecule has 1 aliphatic heterocycles. The molecule has 144 valence electrons. The molecule has 3 aromatic rings. The van der Waals surface area contributed by atoms with Gasteiger partial charge in [-0.05, 0) is 68.5 Å². The van der Waals surface area contributed by atoms with Crippen molar-refractivity contribution in [2.75, 3.05) is 13.1 Å². The van der Waals surface area contributed by atoms with Gasteiger partial charge in [0, 0.05) is 10.4 Å². The highest BCUT2D eigenvalue weighted by molar-refractivity contribution is 6.30. The standard InChI is InChI=1S/C22H23ClN4O/c1-13-26-20(18-6-3-7-19(22(24)28)21(18)27-13)10-16(8-14-11-25-12-14)15-4-2-5-17(23)9-15/h2-7,9,14,16,25H,8,10-12H2,1H3,(H2,24,28)/t16-/m0/s1. The van der Waals surface area contributed by atoms with Gasteiger partial charge in [0.2, 0.25) is 0 Å². The van der Waals surface area contributed by atoms with E-state index in [0.29, 0.717) is 28.7 Å². The molecule has 2 aromatic carbocycles. The lowest BCUT2D eigenvalue weighted by atomic mass is 9.82. The third-order valence-electron chi connectivity index (χ3n) is 5.43. The van der Waals surface area contributed by atoms with Gasteiger partial charge in [-0.25, -0.2) is 9.97 Å². The van der Waals surface area contributed by atoms with E-state index in [2.05, 4.69) is 16.4 Å². The molecule has 1 saturated heterocycles. The summed E-state index contributed by atoms with van der Waals surface area (Å²) in [6, 6.07) is 13.6. The SMILES string of the molecule is Cc1nc(C[C@H](CC2CNC2)c2cccc(Cl)c2)c2cccc(C(N)=O)c2n1. The minimum absolute atomic E-state index is 0.292. The molecule has 1 fully saturated rings. The van der Waals surface area contributed by atoms with Crippen LogP contribution < -0.4 is 11.1 Å². The number of aryl methyl sites for hydroxylation is 1. The van der Waals surface area contributed by atoms with E-state index < -0.39 is 5.91 Å².